The third kappa shape index (κ3) is 7.61. The number of nitrogens with zero attached hydrogens (tertiary/aromatic N) is 2. The van der Waals surface area contributed by atoms with Crippen molar-refractivity contribution in [3.8, 4) is 17.0 Å². The average Bonchev–Trinajstić information content (AvgIpc) is 3.78. The Morgan fingerprint density at radius 2 is 1.93 bits per heavy atom. The van der Waals surface area contributed by atoms with Gasteiger partial charge in [-0.3, -0.25) is 9.78 Å². The fourth-order valence-corrected chi connectivity index (χ4v) is 5.19. The number of pyridine rings is 2. The van der Waals surface area contributed by atoms with E-state index in [1.54, 1.807) is 18.3 Å². The van der Waals surface area contributed by atoms with Crippen LogP contribution in [-0.4, -0.2) is 29.0 Å². The molecule has 1 unspecified atom stereocenters. The number of benzene rings is 2. The second kappa shape index (κ2) is 13.6. The number of fused-ring (bicyclic) bond motifs is 1. The molecule has 5 rings (SSSR count). The third-order valence-electron chi connectivity index (χ3n) is 6.93. The van der Waals surface area contributed by atoms with Crippen LogP contribution in [0.1, 0.15) is 56.4 Å². The SMILES string of the molecule is CC(N)=O.CC=C(NCC(c1cc(C)c(OCC)c(-c2ccc(F)cc2)n1)C1CC1)c1cc(Cl)c2ncccc2c1. The average molecular weight is 575 g/mol. The maximum absolute atomic E-state index is 13.6. The van der Waals surface area contributed by atoms with Crippen molar-refractivity contribution in [1.29, 1.82) is 0 Å². The maximum atomic E-state index is 13.6. The van der Waals surface area contributed by atoms with Gasteiger partial charge in [0.1, 0.15) is 17.3 Å². The molecule has 0 spiro atoms. The van der Waals surface area contributed by atoms with Crippen molar-refractivity contribution in [1.82, 2.24) is 15.3 Å². The Morgan fingerprint density at radius 3 is 2.56 bits per heavy atom. The Kier molecular flexibility index (Phi) is 9.95. The van der Waals surface area contributed by atoms with E-state index in [-0.39, 0.29) is 17.6 Å². The van der Waals surface area contributed by atoms with Crippen molar-refractivity contribution < 1.29 is 13.9 Å². The molecule has 2 aromatic heterocycles. The highest BCUT2D eigenvalue weighted by molar-refractivity contribution is 6.35. The number of hydrogen-bond acceptors (Lipinski definition) is 5. The van der Waals surface area contributed by atoms with E-state index in [2.05, 4.69) is 41.2 Å². The van der Waals surface area contributed by atoms with Gasteiger partial charge in [0.25, 0.3) is 0 Å². The van der Waals surface area contributed by atoms with Gasteiger partial charge in [0.15, 0.2) is 0 Å². The fraction of sp³-hybridized carbons (Fsp3) is 0.303. The first kappa shape index (κ1) is 30.0. The molecule has 0 bridgehead atoms. The molecule has 1 amide bonds. The second-order valence-corrected chi connectivity index (χ2v) is 10.6. The summed E-state index contributed by atoms with van der Waals surface area (Å²) < 4.78 is 19.6. The summed E-state index contributed by atoms with van der Waals surface area (Å²) in [5.41, 5.74) is 11.0. The van der Waals surface area contributed by atoms with Gasteiger partial charge in [-0.1, -0.05) is 23.7 Å². The lowest BCUT2D eigenvalue weighted by atomic mass is 9.95. The van der Waals surface area contributed by atoms with E-state index in [0.717, 1.165) is 57.0 Å². The van der Waals surface area contributed by atoms with Crippen molar-refractivity contribution in [2.45, 2.75) is 46.5 Å². The highest BCUT2D eigenvalue weighted by atomic mass is 35.5. The summed E-state index contributed by atoms with van der Waals surface area (Å²) >= 11 is 6.56. The molecule has 214 valence electrons. The van der Waals surface area contributed by atoms with Crippen LogP contribution >= 0.6 is 11.6 Å². The molecular formula is C33H36ClFN4O2. The summed E-state index contributed by atoms with van der Waals surface area (Å²) in [6.07, 6.45) is 6.21. The van der Waals surface area contributed by atoms with Crippen molar-refractivity contribution in [3.63, 3.8) is 0 Å². The van der Waals surface area contributed by atoms with Crippen LogP contribution < -0.4 is 15.8 Å². The van der Waals surface area contributed by atoms with Crippen LogP contribution in [0, 0.1) is 18.7 Å². The molecule has 1 fully saturated rings. The number of hydrogen-bond donors (Lipinski definition) is 2. The molecule has 3 N–H and O–H groups in total. The zero-order valence-electron chi connectivity index (χ0n) is 23.9. The van der Waals surface area contributed by atoms with Gasteiger partial charge in [-0.25, -0.2) is 9.37 Å². The minimum absolute atomic E-state index is 0.237. The Balaban J connectivity index is 0.000000909. The number of allylic oxidation sites excluding steroid dienone is 1. The lowest BCUT2D eigenvalue weighted by Crippen LogP contribution is -2.23. The van der Waals surface area contributed by atoms with Gasteiger partial charge in [-0.2, -0.15) is 0 Å². The lowest BCUT2D eigenvalue weighted by Gasteiger charge is -2.22. The van der Waals surface area contributed by atoms with Crippen LogP contribution in [0.15, 0.2) is 66.9 Å². The monoisotopic (exact) mass is 574 g/mol. The summed E-state index contributed by atoms with van der Waals surface area (Å²) in [7, 11) is 0. The summed E-state index contributed by atoms with van der Waals surface area (Å²) in [6.45, 7) is 8.64. The zero-order valence-corrected chi connectivity index (χ0v) is 24.6. The number of rotatable bonds is 9. The lowest BCUT2D eigenvalue weighted by molar-refractivity contribution is -0.115. The van der Waals surface area contributed by atoms with E-state index in [9.17, 15) is 9.18 Å². The number of nitrogens with two attached hydrogens (primary N) is 1. The maximum Gasteiger partial charge on any atom is 0.214 e. The molecule has 0 aliphatic heterocycles. The number of aromatic nitrogens is 2. The quantitative estimate of drug-likeness (QED) is 0.217. The molecule has 1 atom stereocenters. The van der Waals surface area contributed by atoms with Gasteiger partial charge in [0.05, 0.1) is 17.1 Å². The molecule has 1 aliphatic rings. The van der Waals surface area contributed by atoms with Gasteiger partial charge >= 0.3 is 0 Å². The van der Waals surface area contributed by atoms with Crippen molar-refractivity contribution >= 4 is 34.1 Å². The summed E-state index contributed by atoms with van der Waals surface area (Å²) in [4.78, 5) is 18.7. The number of carbonyl (C=O) groups excluding carboxylic acids is 1. The van der Waals surface area contributed by atoms with E-state index in [0.29, 0.717) is 17.5 Å². The van der Waals surface area contributed by atoms with Crippen LogP contribution in [0.4, 0.5) is 4.39 Å². The largest absolute Gasteiger partial charge is 0.491 e. The minimum Gasteiger partial charge on any atom is -0.491 e. The van der Waals surface area contributed by atoms with Crippen LogP contribution in [-0.2, 0) is 4.79 Å². The van der Waals surface area contributed by atoms with Gasteiger partial charge < -0.3 is 15.8 Å². The second-order valence-electron chi connectivity index (χ2n) is 10.2. The molecule has 6 nitrogen and oxygen atoms in total. The predicted molar refractivity (Wildman–Crippen MR) is 164 cm³/mol. The normalized spacial score (nSPS) is 13.8. The summed E-state index contributed by atoms with van der Waals surface area (Å²) in [5.74, 6) is 0.967. The Morgan fingerprint density at radius 1 is 1.22 bits per heavy atom. The number of ether oxygens (including phenoxy) is 1. The van der Waals surface area contributed by atoms with Gasteiger partial charge in [-0.15, -0.1) is 0 Å². The molecule has 2 aromatic carbocycles. The molecule has 0 saturated heterocycles. The molecule has 41 heavy (non-hydrogen) atoms. The molecule has 0 radical (unpaired) electrons. The van der Waals surface area contributed by atoms with E-state index < -0.39 is 0 Å². The van der Waals surface area contributed by atoms with Crippen molar-refractivity contribution in [2.24, 2.45) is 11.7 Å². The Hall–Kier alpha value is -3.97. The Bertz CT molecular complexity index is 1550. The van der Waals surface area contributed by atoms with E-state index >= 15 is 0 Å². The van der Waals surface area contributed by atoms with Gasteiger partial charge in [-0.05, 0) is 99.2 Å². The van der Waals surface area contributed by atoms with Crippen LogP contribution in [0.5, 0.6) is 5.75 Å². The topological polar surface area (TPSA) is 90.1 Å². The Labute approximate surface area is 245 Å². The number of primary amides is 1. The highest BCUT2D eigenvalue weighted by Crippen LogP contribution is 2.44. The van der Waals surface area contributed by atoms with Gasteiger partial charge in [0, 0.05) is 47.9 Å². The predicted octanol–water partition coefficient (Wildman–Crippen LogP) is 7.43. The van der Waals surface area contributed by atoms with Crippen molar-refractivity contribution in [3.05, 3.63) is 94.5 Å². The molecule has 1 saturated carbocycles. The number of amides is 1. The highest BCUT2D eigenvalue weighted by Gasteiger charge is 2.34. The zero-order chi connectivity index (χ0) is 29.5. The number of nitrogens with one attached hydrogen (secondary N) is 1. The van der Waals surface area contributed by atoms with Crippen LogP contribution in [0.25, 0.3) is 27.9 Å². The number of carbonyl (C=O) groups is 1. The van der Waals surface area contributed by atoms with Crippen molar-refractivity contribution in [2.75, 3.05) is 13.2 Å². The first-order valence-corrected chi connectivity index (χ1v) is 14.2. The number of aryl methyl sites for hydroxylation is 1. The first-order valence-electron chi connectivity index (χ1n) is 13.8. The van der Waals surface area contributed by atoms with Gasteiger partial charge in [0.2, 0.25) is 5.91 Å². The van der Waals surface area contributed by atoms with Crippen LogP contribution in [0.3, 0.4) is 0 Å². The molecular weight excluding hydrogens is 539 g/mol. The van der Waals surface area contributed by atoms with E-state index in [1.165, 1.54) is 31.9 Å². The molecule has 8 heteroatoms. The third-order valence-corrected chi connectivity index (χ3v) is 7.21. The minimum atomic E-state index is -0.333. The summed E-state index contributed by atoms with van der Waals surface area (Å²) in [6, 6.07) is 16.7. The molecule has 1 aliphatic carbocycles. The fourth-order valence-electron chi connectivity index (χ4n) is 4.91. The first-order chi connectivity index (χ1) is 19.7. The standard InChI is InChI=1S/C31H31ClFN3O.C2H5NO/c1-4-27(23-16-22-7-6-14-34-29(22)26(32)17-23)35-18-25(20-8-9-20)28-15-19(3)31(37-5-2)30(36-28)21-10-12-24(33)13-11-21;1-2(3)4/h4,6-7,10-17,20,25,35H,5,8-9,18H2,1-3H3;1H3,(H2,3,4). The van der Waals surface area contributed by atoms with Crippen LogP contribution in [0.2, 0.25) is 5.02 Å². The molecule has 2 heterocycles. The van der Waals surface area contributed by atoms with E-state index in [4.69, 9.17) is 21.3 Å². The number of halogens is 2. The summed E-state index contributed by atoms with van der Waals surface area (Å²) in [5, 5.41) is 5.34. The smallest absolute Gasteiger partial charge is 0.214 e. The molecule has 4 aromatic rings. The van der Waals surface area contributed by atoms with E-state index in [1.807, 2.05) is 32.0 Å².